The number of Topliss-reactive ketones (excluding diaryl/α,β-unsaturated/α-hetero) is 2. The summed E-state index contributed by atoms with van der Waals surface area (Å²) in [4.78, 5) is 28.6. The summed E-state index contributed by atoms with van der Waals surface area (Å²) in [5, 5.41) is 22.7. The topological polar surface area (TPSA) is 106 Å². The van der Waals surface area contributed by atoms with Gasteiger partial charge in [-0.1, -0.05) is 111 Å². The van der Waals surface area contributed by atoms with E-state index in [1.807, 2.05) is 43.3 Å². The Morgan fingerprint density at radius 3 is 2.10 bits per heavy atom. The Labute approximate surface area is 307 Å². The molecule has 7 rings (SSSR count). The lowest BCUT2D eigenvalue weighted by atomic mass is 9.54. The summed E-state index contributed by atoms with van der Waals surface area (Å²) >= 11 is 0. The first-order chi connectivity index (χ1) is 25.0. The number of ketones is 2. The molecule has 0 bridgehead atoms. The summed E-state index contributed by atoms with van der Waals surface area (Å²) in [5.41, 5.74) is 4.00. The van der Waals surface area contributed by atoms with Gasteiger partial charge in [0.2, 0.25) is 0 Å². The van der Waals surface area contributed by atoms with Crippen molar-refractivity contribution in [2.45, 2.75) is 71.0 Å². The van der Waals surface area contributed by atoms with Crippen molar-refractivity contribution in [1.82, 2.24) is 0 Å². The monoisotopic (exact) mass is 714 g/mol. The van der Waals surface area contributed by atoms with E-state index in [0.717, 1.165) is 27.1 Å². The molecule has 4 aromatic rings. The Kier molecular flexibility index (Phi) is 10.3. The van der Waals surface area contributed by atoms with Crippen molar-refractivity contribution in [3.8, 4) is 0 Å². The van der Waals surface area contributed by atoms with Crippen LogP contribution in [0, 0.1) is 17.8 Å². The van der Waals surface area contributed by atoms with Gasteiger partial charge in [0, 0.05) is 23.0 Å². The van der Waals surface area contributed by atoms with Crippen molar-refractivity contribution in [1.29, 1.82) is 0 Å². The van der Waals surface area contributed by atoms with Crippen molar-refractivity contribution in [2.75, 3.05) is 6.61 Å². The summed E-state index contributed by atoms with van der Waals surface area (Å²) in [7, 11) is -4.02. The molecular formula is C43H47BO7Si. The average molecular weight is 715 g/mol. The van der Waals surface area contributed by atoms with Crippen LogP contribution in [0.4, 0.5) is 0 Å². The molecule has 4 atom stereocenters. The minimum absolute atomic E-state index is 0.0146. The second kappa shape index (κ2) is 14.7. The molecule has 1 aliphatic heterocycles. The van der Waals surface area contributed by atoms with Crippen LogP contribution < -0.4 is 10.4 Å². The number of benzene rings is 3. The van der Waals surface area contributed by atoms with E-state index in [0.29, 0.717) is 41.9 Å². The zero-order valence-corrected chi connectivity index (χ0v) is 31.4. The van der Waals surface area contributed by atoms with E-state index < -0.39 is 33.4 Å². The minimum atomic E-state index is -2.95. The predicted octanol–water partition coefficient (Wildman–Crippen LogP) is 7.04. The van der Waals surface area contributed by atoms with E-state index in [-0.39, 0.29) is 42.1 Å². The molecule has 0 amide bonds. The first kappa shape index (κ1) is 36.2. The lowest BCUT2D eigenvalue weighted by molar-refractivity contribution is 0.0591. The Morgan fingerprint density at radius 2 is 1.50 bits per heavy atom. The van der Waals surface area contributed by atoms with E-state index in [2.05, 4.69) is 69.3 Å². The molecule has 268 valence electrons. The Balaban J connectivity index is 1.31. The van der Waals surface area contributed by atoms with Gasteiger partial charge in [0.05, 0.1) is 12.7 Å². The molecular weight excluding hydrogens is 667 g/mol. The number of hydrogen-bond donors (Lipinski definition) is 2. The molecule has 1 aromatic heterocycles. The van der Waals surface area contributed by atoms with Gasteiger partial charge >= 0.3 is 7.12 Å². The molecule has 3 aromatic carbocycles. The first-order valence-corrected chi connectivity index (χ1v) is 20.3. The van der Waals surface area contributed by atoms with E-state index in [1.54, 1.807) is 18.2 Å². The number of fused-ring (bicyclic) bond motifs is 4. The fraction of sp³-hybridized carbons (Fsp3) is 0.349. The highest BCUT2D eigenvalue weighted by Crippen LogP contribution is 2.51. The van der Waals surface area contributed by atoms with Crippen LogP contribution in [0.3, 0.4) is 0 Å². The molecule has 2 aliphatic carbocycles. The Hall–Kier alpha value is -4.12. The third-order valence-corrected chi connectivity index (χ3v) is 16.3. The molecule has 0 radical (unpaired) electrons. The van der Waals surface area contributed by atoms with Crippen molar-refractivity contribution >= 4 is 43.5 Å². The number of aliphatic hydroxyl groups excluding tert-OH is 1. The number of carbonyl (C=O) groups is 2. The summed E-state index contributed by atoms with van der Waals surface area (Å²) < 4.78 is 19.5. The molecule has 52 heavy (non-hydrogen) atoms. The third-order valence-electron chi connectivity index (χ3n) is 11.3. The van der Waals surface area contributed by atoms with E-state index in [9.17, 15) is 19.7 Å². The van der Waals surface area contributed by atoms with Gasteiger partial charge in [-0.05, 0) is 83.2 Å². The van der Waals surface area contributed by atoms with Crippen LogP contribution in [0.1, 0.15) is 79.2 Å². The SMILES string of the molecule is C/C(=C\c1ccc(CO)o1)CC[C@H]1OB(O)C[C@H]2C1=C(CO[Si](c1ccccc1)(c1ccccc1)C(C)(C)C)C[C@H]1C(=O)c3ccccc3C(=O)[C@H]12. The van der Waals surface area contributed by atoms with Gasteiger partial charge in [-0.15, -0.1) is 0 Å². The summed E-state index contributed by atoms with van der Waals surface area (Å²) in [6, 6.07) is 31.7. The number of furan rings is 1. The highest BCUT2D eigenvalue weighted by molar-refractivity contribution is 6.99. The molecule has 0 spiro atoms. The molecule has 7 nitrogen and oxygen atoms in total. The van der Waals surface area contributed by atoms with Gasteiger partial charge in [-0.2, -0.15) is 0 Å². The second-order valence-corrected chi connectivity index (χ2v) is 19.8. The minimum Gasteiger partial charge on any atom is -0.459 e. The van der Waals surface area contributed by atoms with Gasteiger partial charge in [0.15, 0.2) is 11.6 Å². The molecule has 2 N–H and O–H groups in total. The number of aliphatic hydroxyl groups is 1. The van der Waals surface area contributed by atoms with Crippen LogP contribution in [-0.4, -0.2) is 49.8 Å². The first-order valence-electron chi connectivity index (χ1n) is 18.4. The molecule has 3 aliphatic rings. The maximum absolute atomic E-state index is 14.3. The van der Waals surface area contributed by atoms with Crippen molar-refractivity contribution in [2.24, 2.45) is 17.8 Å². The van der Waals surface area contributed by atoms with Crippen LogP contribution >= 0.6 is 0 Å². The molecule has 1 fully saturated rings. The molecule has 0 unspecified atom stereocenters. The maximum atomic E-state index is 14.3. The van der Waals surface area contributed by atoms with Crippen LogP contribution in [0.25, 0.3) is 6.08 Å². The number of rotatable bonds is 10. The molecule has 0 saturated carbocycles. The van der Waals surface area contributed by atoms with Crippen LogP contribution in [0.15, 0.2) is 118 Å². The quantitative estimate of drug-likeness (QED) is 0.134. The van der Waals surface area contributed by atoms with Gasteiger partial charge in [0.25, 0.3) is 8.32 Å². The van der Waals surface area contributed by atoms with Crippen LogP contribution in [-0.2, 0) is 15.7 Å². The fourth-order valence-corrected chi connectivity index (χ4v) is 13.5. The number of allylic oxidation sites excluding steroid dienone is 1. The van der Waals surface area contributed by atoms with Crippen LogP contribution in [0.2, 0.25) is 11.4 Å². The normalized spacial score (nSPS) is 22.3. The van der Waals surface area contributed by atoms with Crippen molar-refractivity contribution in [3.63, 3.8) is 0 Å². The fourth-order valence-electron chi connectivity index (χ4n) is 8.99. The average Bonchev–Trinajstić information content (AvgIpc) is 3.60. The highest BCUT2D eigenvalue weighted by atomic mass is 28.4. The number of hydrogen-bond acceptors (Lipinski definition) is 7. The van der Waals surface area contributed by atoms with E-state index in [4.69, 9.17) is 13.5 Å². The zero-order chi connectivity index (χ0) is 36.6. The van der Waals surface area contributed by atoms with E-state index in [1.165, 1.54) is 0 Å². The standard InChI is InChI=1S/C43H47BO7Si/c1-28(23-30-20-21-31(26-45)50-30)19-22-38-39-29(27-49-52(43(2,3)4,32-13-7-5-8-14-32)33-15-9-6-10-16-33)24-36-40(37(39)25-44(48)51-38)42(47)35-18-12-11-17-34(35)41(36)46/h5-18,20-21,23,36-38,40,45,48H,19,22,24-27H2,1-4H3/b28-23+/t36-,37+,38-,40-/m1/s1. The van der Waals surface area contributed by atoms with Gasteiger partial charge in [0.1, 0.15) is 18.1 Å². The van der Waals surface area contributed by atoms with E-state index >= 15 is 0 Å². The van der Waals surface area contributed by atoms with Crippen molar-refractivity contribution in [3.05, 3.63) is 136 Å². The van der Waals surface area contributed by atoms with Gasteiger partial charge in [-0.25, -0.2) is 0 Å². The van der Waals surface area contributed by atoms with Gasteiger partial charge in [-0.3, -0.25) is 9.59 Å². The summed E-state index contributed by atoms with van der Waals surface area (Å²) in [5.74, 6) is -0.367. The Bertz CT molecular complexity index is 1950. The Morgan fingerprint density at radius 1 is 0.885 bits per heavy atom. The molecule has 1 saturated heterocycles. The lowest BCUT2D eigenvalue weighted by Crippen LogP contribution is -2.66. The smallest absolute Gasteiger partial charge is 0.455 e. The van der Waals surface area contributed by atoms with Crippen molar-refractivity contribution < 1.29 is 33.2 Å². The highest BCUT2D eigenvalue weighted by Gasteiger charge is 2.55. The second-order valence-electron chi connectivity index (χ2n) is 15.5. The largest absolute Gasteiger partial charge is 0.459 e. The summed E-state index contributed by atoms with van der Waals surface area (Å²) in [6.45, 7) is 8.89. The van der Waals surface area contributed by atoms with Gasteiger partial charge < -0.3 is 23.6 Å². The number of carbonyl (C=O) groups excluding carboxylic acids is 2. The summed E-state index contributed by atoms with van der Waals surface area (Å²) in [6.07, 6.45) is 3.33. The van der Waals surface area contributed by atoms with Crippen LogP contribution in [0.5, 0.6) is 0 Å². The molecule has 9 heteroatoms. The lowest BCUT2D eigenvalue weighted by Gasteiger charge is -2.48. The zero-order valence-electron chi connectivity index (χ0n) is 30.4. The third kappa shape index (κ3) is 6.65. The predicted molar refractivity (Wildman–Crippen MR) is 206 cm³/mol. The molecule has 2 heterocycles. The maximum Gasteiger partial charge on any atom is 0.455 e.